The van der Waals surface area contributed by atoms with Gasteiger partial charge < -0.3 is 9.84 Å². The molecule has 1 aromatic rings. The minimum atomic E-state index is -0.416. The average Bonchev–Trinajstić information content (AvgIpc) is 2.48. The Labute approximate surface area is 124 Å². The normalized spacial score (nSPS) is 16.2. The Kier molecular flexibility index (Phi) is 3.17. The van der Waals surface area contributed by atoms with E-state index in [2.05, 4.69) is 4.98 Å². The van der Waals surface area contributed by atoms with E-state index in [0.717, 1.165) is 0 Å². The van der Waals surface area contributed by atoms with Crippen molar-refractivity contribution in [2.24, 2.45) is 0 Å². The fourth-order valence-corrected chi connectivity index (χ4v) is 2.72. The number of aliphatic hydroxyl groups is 1. The van der Waals surface area contributed by atoms with Gasteiger partial charge in [-0.3, -0.25) is 10.1 Å². The maximum atomic E-state index is 10.9. The highest BCUT2D eigenvalue weighted by Crippen LogP contribution is 2.26. The van der Waals surface area contributed by atoms with Gasteiger partial charge in [0.15, 0.2) is 0 Å². The van der Waals surface area contributed by atoms with Crippen LogP contribution in [0.1, 0.15) is 17.7 Å². The summed E-state index contributed by atoms with van der Waals surface area (Å²) in [5, 5.41) is 22.1. The molecular formula is C14H11ClN2O4. The maximum Gasteiger partial charge on any atom is 0.250 e. The molecule has 0 spiro atoms. The van der Waals surface area contributed by atoms with E-state index in [0.29, 0.717) is 27.6 Å². The Morgan fingerprint density at radius 1 is 1.48 bits per heavy atom. The first-order chi connectivity index (χ1) is 10.0. The van der Waals surface area contributed by atoms with Gasteiger partial charge in [0.05, 0.1) is 29.5 Å². The zero-order valence-corrected chi connectivity index (χ0v) is 11.8. The molecule has 3 rings (SSSR count). The van der Waals surface area contributed by atoms with Gasteiger partial charge in [0.1, 0.15) is 16.5 Å². The lowest BCUT2D eigenvalue weighted by atomic mass is 10.00. The number of hydrogen-bond donors (Lipinski definition) is 1. The van der Waals surface area contributed by atoms with E-state index in [9.17, 15) is 15.2 Å². The molecule has 0 fully saturated rings. The summed E-state index contributed by atoms with van der Waals surface area (Å²) in [5.41, 5.74) is 1.18. The van der Waals surface area contributed by atoms with Gasteiger partial charge in [0, 0.05) is 23.3 Å². The second-order valence-electron chi connectivity index (χ2n) is 4.70. The minimum Gasteiger partial charge on any atom is -0.510 e. The molecule has 0 radical (unpaired) electrons. The van der Waals surface area contributed by atoms with Crippen LogP contribution in [0.25, 0.3) is 17.2 Å². The summed E-state index contributed by atoms with van der Waals surface area (Å²) >= 11 is 6.10. The number of rotatable bonds is 2. The van der Waals surface area contributed by atoms with Crippen molar-refractivity contribution in [2.75, 3.05) is 7.11 Å². The molecular weight excluding hydrogens is 296 g/mol. The van der Waals surface area contributed by atoms with Crippen LogP contribution < -0.4 is 15.3 Å². The maximum absolute atomic E-state index is 10.9. The monoisotopic (exact) mass is 306 g/mol. The summed E-state index contributed by atoms with van der Waals surface area (Å²) in [6.45, 7) is 0. The van der Waals surface area contributed by atoms with Gasteiger partial charge in [-0.1, -0.05) is 17.7 Å². The number of ether oxygens (including phenoxy) is 1. The molecule has 108 valence electrons. The average molecular weight is 307 g/mol. The molecule has 21 heavy (non-hydrogen) atoms. The van der Waals surface area contributed by atoms with E-state index in [-0.39, 0.29) is 29.3 Å². The molecule has 1 N–H and O–H groups in total. The van der Waals surface area contributed by atoms with Gasteiger partial charge in [-0.15, -0.1) is 0 Å². The van der Waals surface area contributed by atoms with E-state index >= 15 is 0 Å². The van der Waals surface area contributed by atoms with Crippen molar-refractivity contribution in [2.45, 2.75) is 12.8 Å². The number of hydrogen-bond acceptors (Lipinski definition) is 5. The summed E-state index contributed by atoms with van der Waals surface area (Å²) in [6, 6.07) is 0. The third kappa shape index (κ3) is 2.08. The molecule has 0 aromatic carbocycles. The Morgan fingerprint density at radius 2 is 2.24 bits per heavy atom. The Morgan fingerprint density at radius 3 is 2.90 bits per heavy atom. The smallest absolute Gasteiger partial charge is 0.250 e. The van der Waals surface area contributed by atoms with Crippen LogP contribution >= 0.6 is 11.6 Å². The molecule has 0 saturated carbocycles. The molecule has 0 amide bonds. The van der Waals surface area contributed by atoms with Crippen molar-refractivity contribution in [1.82, 2.24) is 4.98 Å². The van der Waals surface area contributed by atoms with Crippen molar-refractivity contribution in [3.8, 4) is 5.75 Å². The second kappa shape index (κ2) is 4.89. The quantitative estimate of drug-likeness (QED) is 0.656. The fourth-order valence-electron chi connectivity index (χ4n) is 2.50. The van der Waals surface area contributed by atoms with E-state index in [4.69, 9.17) is 16.3 Å². The highest BCUT2D eigenvalue weighted by Gasteiger charge is 2.24. The van der Waals surface area contributed by atoms with Crippen LogP contribution in [0.3, 0.4) is 0 Å². The van der Waals surface area contributed by atoms with Gasteiger partial charge in [-0.05, 0) is 6.08 Å². The van der Waals surface area contributed by atoms with Crippen molar-refractivity contribution in [3.05, 3.63) is 49.5 Å². The van der Waals surface area contributed by atoms with Crippen LogP contribution in [-0.2, 0) is 6.42 Å². The Bertz CT molecular complexity index is 840. The third-order valence-corrected chi connectivity index (χ3v) is 3.90. The number of allylic oxidation sites excluding steroid dienone is 3. The molecule has 1 heterocycles. The lowest BCUT2D eigenvalue weighted by Crippen LogP contribution is -2.30. The molecule has 2 aliphatic rings. The summed E-state index contributed by atoms with van der Waals surface area (Å²) in [4.78, 5) is 14.9. The third-order valence-electron chi connectivity index (χ3n) is 3.51. The van der Waals surface area contributed by atoms with E-state index in [1.165, 1.54) is 13.2 Å². The van der Waals surface area contributed by atoms with Crippen molar-refractivity contribution < 1.29 is 14.8 Å². The number of halogens is 1. The predicted molar refractivity (Wildman–Crippen MR) is 77.8 cm³/mol. The number of aliphatic hydroxyl groups excluding tert-OH is 1. The van der Waals surface area contributed by atoms with Crippen molar-refractivity contribution in [3.63, 3.8) is 0 Å². The predicted octanol–water partition coefficient (Wildman–Crippen LogP) is 1.24. The summed E-state index contributed by atoms with van der Waals surface area (Å²) in [5.74, 6) is 0.570. The number of nitrogens with zero attached hydrogens (tertiary/aromatic N) is 2. The van der Waals surface area contributed by atoms with Crippen molar-refractivity contribution in [1.29, 1.82) is 0 Å². The first-order valence-corrected chi connectivity index (χ1v) is 6.61. The summed E-state index contributed by atoms with van der Waals surface area (Å²) < 4.78 is 5.42. The molecule has 1 aromatic heterocycles. The summed E-state index contributed by atoms with van der Waals surface area (Å²) in [7, 11) is 1.50. The number of aromatic nitrogens is 1. The Hall–Kier alpha value is -2.34. The van der Waals surface area contributed by atoms with Crippen molar-refractivity contribution >= 4 is 28.8 Å². The molecule has 0 atom stereocenters. The molecule has 0 unspecified atom stereocenters. The highest BCUT2D eigenvalue weighted by molar-refractivity contribution is 6.49. The number of nitro groups is 1. The fraction of sp³-hybridized carbons (Fsp3) is 0.214. The number of methoxy groups -OCH3 is 1. The highest BCUT2D eigenvalue weighted by atomic mass is 35.5. The lowest BCUT2D eigenvalue weighted by molar-refractivity contribution is -0.427. The van der Waals surface area contributed by atoms with Gasteiger partial charge in [-0.2, -0.15) is 0 Å². The van der Waals surface area contributed by atoms with Crippen LogP contribution in [0.4, 0.5) is 0 Å². The van der Waals surface area contributed by atoms with E-state index in [1.807, 2.05) is 0 Å². The van der Waals surface area contributed by atoms with Crippen LogP contribution in [0, 0.1) is 10.1 Å². The standard InChI is InChI=1S/C14H11ClN2O4/c1-21-14-8-3-5-11(18)12(15)13(8)16-10-4-2-7(17(19)20)6-9(10)14/h2-4,18H,5-6H2,1H3. The number of fused-ring (bicyclic) bond motifs is 2. The van der Waals surface area contributed by atoms with Crippen LogP contribution in [0.15, 0.2) is 17.5 Å². The molecule has 6 nitrogen and oxygen atoms in total. The van der Waals surface area contributed by atoms with Crippen LogP contribution in [0.5, 0.6) is 5.75 Å². The largest absolute Gasteiger partial charge is 0.510 e. The second-order valence-corrected chi connectivity index (χ2v) is 5.08. The molecule has 7 heteroatoms. The van der Waals surface area contributed by atoms with Crippen LogP contribution in [-0.4, -0.2) is 22.1 Å². The summed E-state index contributed by atoms with van der Waals surface area (Å²) in [6.07, 6.45) is 5.17. The molecule has 0 aliphatic heterocycles. The zero-order chi connectivity index (χ0) is 15.1. The SMILES string of the molecule is COc1c2c(nc3c1=CCC(O)=C3Cl)=CC=C([N+](=O)[O-])C2. The first kappa shape index (κ1) is 13.6. The number of pyridine rings is 1. The molecule has 0 bridgehead atoms. The van der Waals surface area contributed by atoms with Gasteiger partial charge in [-0.25, -0.2) is 4.98 Å². The van der Waals surface area contributed by atoms with Crippen LogP contribution in [0.2, 0.25) is 0 Å². The topological polar surface area (TPSA) is 85.5 Å². The van der Waals surface area contributed by atoms with E-state index < -0.39 is 4.92 Å². The van der Waals surface area contributed by atoms with E-state index in [1.54, 1.807) is 12.2 Å². The first-order valence-electron chi connectivity index (χ1n) is 6.23. The molecule has 2 aliphatic carbocycles. The molecule has 0 saturated heterocycles. The Balaban J connectivity index is 2.33. The zero-order valence-electron chi connectivity index (χ0n) is 11.1. The minimum absolute atomic E-state index is 0.0519. The van der Waals surface area contributed by atoms with Gasteiger partial charge >= 0.3 is 0 Å². The van der Waals surface area contributed by atoms with Gasteiger partial charge in [0.25, 0.3) is 5.70 Å². The van der Waals surface area contributed by atoms with Gasteiger partial charge in [0.2, 0.25) is 0 Å². The lowest BCUT2D eigenvalue weighted by Gasteiger charge is -2.17.